The van der Waals surface area contributed by atoms with E-state index in [1.807, 2.05) is 19.1 Å². The van der Waals surface area contributed by atoms with Crippen LogP contribution in [0.1, 0.15) is 24.1 Å². The van der Waals surface area contributed by atoms with E-state index in [1.54, 1.807) is 43.5 Å². The van der Waals surface area contributed by atoms with Crippen LogP contribution in [0.5, 0.6) is 11.5 Å². The molecule has 152 valence electrons. The Morgan fingerprint density at radius 1 is 1.14 bits per heavy atom. The van der Waals surface area contributed by atoms with Crippen LogP contribution in [0.3, 0.4) is 0 Å². The Hall–Kier alpha value is -2.58. The van der Waals surface area contributed by atoms with Gasteiger partial charge in [-0.2, -0.15) is 4.31 Å². The number of rotatable bonds is 9. The van der Waals surface area contributed by atoms with E-state index in [1.165, 1.54) is 7.05 Å². The number of methoxy groups -OCH3 is 1. The minimum Gasteiger partial charge on any atom is -0.493 e. The van der Waals surface area contributed by atoms with Crippen molar-refractivity contribution < 1.29 is 22.7 Å². The van der Waals surface area contributed by atoms with Gasteiger partial charge in [-0.25, -0.2) is 8.42 Å². The second-order valence-electron chi connectivity index (χ2n) is 6.23. The number of hydrogen-bond acceptors (Lipinski definition) is 5. The average molecular weight is 407 g/mol. The fraction of sp³-hybridized carbons (Fsp3) is 0.350. The van der Waals surface area contributed by atoms with Gasteiger partial charge < -0.3 is 14.8 Å². The van der Waals surface area contributed by atoms with Gasteiger partial charge in [-0.05, 0) is 30.2 Å². The molecular weight excluding hydrogens is 380 g/mol. The van der Waals surface area contributed by atoms with E-state index in [2.05, 4.69) is 5.32 Å². The first-order valence-electron chi connectivity index (χ1n) is 8.83. The SMILES string of the molecule is CCOc1cc(CNC(=O)[C@@H](c2ccccc2)N(C)S(C)(=O)=O)ccc1OC. The fourth-order valence-electron chi connectivity index (χ4n) is 2.74. The largest absolute Gasteiger partial charge is 0.493 e. The van der Waals surface area contributed by atoms with Crippen molar-refractivity contribution in [3.63, 3.8) is 0 Å². The highest BCUT2D eigenvalue weighted by molar-refractivity contribution is 7.88. The molecule has 0 saturated heterocycles. The van der Waals surface area contributed by atoms with E-state index in [0.717, 1.165) is 16.1 Å². The maximum atomic E-state index is 12.9. The quantitative estimate of drug-likeness (QED) is 0.691. The molecule has 0 radical (unpaired) electrons. The third kappa shape index (κ3) is 5.46. The Morgan fingerprint density at radius 3 is 2.39 bits per heavy atom. The highest BCUT2D eigenvalue weighted by Crippen LogP contribution is 2.28. The predicted octanol–water partition coefficient (Wildman–Crippen LogP) is 2.34. The monoisotopic (exact) mass is 406 g/mol. The summed E-state index contributed by atoms with van der Waals surface area (Å²) in [6.45, 7) is 2.59. The highest BCUT2D eigenvalue weighted by atomic mass is 32.2. The van der Waals surface area contributed by atoms with Gasteiger partial charge >= 0.3 is 0 Å². The maximum Gasteiger partial charge on any atom is 0.243 e. The molecule has 28 heavy (non-hydrogen) atoms. The number of carbonyl (C=O) groups excluding carboxylic acids is 1. The van der Waals surface area contributed by atoms with E-state index >= 15 is 0 Å². The number of nitrogens with one attached hydrogen (secondary N) is 1. The van der Waals surface area contributed by atoms with E-state index in [0.29, 0.717) is 23.7 Å². The standard InChI is InChI=1S/C20H26N2O5S/c1-5-27-18-13-15(11-12-17(18)26-3)14-21-20(23)19(22(2)28(4,24)25)16-9-7-6-8-10-16/h6-13,19H,5,14H2,1-4H3,(H,21,23)/t19-/m1/s1. The summed E-state index contributed by atoms with van der Waals surface area (Å²) in [4.78, 5) is 12.9. The van der Waals surface area contributed by atoms with Crippen LogP contribution in [0.15, 0.2) is 48.5 Å². The summed E-state index contributed by atoms with van der Waals surface area (Å²) in [5.41, 5.74) is 1.41. The van der Waals surface area contributed by atoms with Crippen molar-refractivity contribution in [3.8, 4) is 11.5 Å². The second kappa shape index (κ2) is 9.57. The summed E-state index contributed by atoms with van der Waals surface area (Å²) in [6.07, 6.45) is 1.08. The van der Waals surface area contributed by atoms with E-state index in [-0.39, 0.29) is 6.54 Å². The summed E-state index contributed by atoms with van der Waals surface area (Å²) in [6, 6.07) is 13.2. The third-order valence-corrected chi connectivity index (χ3v) is 5.50. The third-order valence-electron chi connectivity index (χ3n) is 4.25. The predicted molar refractivity (Wildman–Crippen MR) is 108 cm³/mol. The highest BCUT2D eigenvalue weighted by Gasteiger charge is 2.30. The van der Waals surface area contributed by atoms with Crippen molar-refractivity contribution in [1.82, 2.24) is 9.62 Å². The topological polar surface area (TPSA) is 84.9 Å². The number of carbonyl (C=O) groups is 1. The Bertz CT molecular complexity index is 900. The zero-order valence-corrected chi connectivity index (χ0v) is 17.3. The zero-order chi connectivity index (χ0) is 20.7. The van der Waals surface area contributed by atoms with Gasteiger partial charge in [-0.1, -0.05) is 36.4 Å². The molecule has 0 aliphatic rings. The Balaban J connectivity index is 2.21. The molecule has 8 heteroatoms. The lowest BCUT2D eigenvalue weighted by Crippen LogP contribution is -2.41. The molecule has 1 atom stereocenters. The molecule has 0 spiro atoms. The number of amides is 1. The van der Waals surface area contributed by atoms with Crippen molar-refractivity contribution in [2.75, 3.05) is 27.0 Å². The summed E-state index contributed by atoms with van der Waals surface area (Å²) in [5, 5.41) is 2.82. The van der Waals surface area contributed by atoms with Crippen molar-refractivity contribution in [3.05, 3.63) is 59.7 Å². The lowest BCUT2D eigenvalue weighted by atomic mass is 10.1. The minimum absolute atomic E-state index is 0.226. The van der Waals surface area contributed by atoms with Crippen LogP contribution >= 0.6 is 0 Å². The number of nitrogens with zero attached hydrogens (tertiary/aromatic N) is 1. The minimum atomic E-state index is -3.57. The molecule has 1 N–H and O–H groups in total. The zero-order valence-electron chi connectivity index (χ0n) is 16.5. The Morgan fingerprint density at radius 2 is 1.82 bits per heavy atom. The molecule has 0 aliphatic carbocycles. The average Bonchev–Trinajstić information content (AvgIpc) is 2.67. The lowest BCUT2D eigenvalue weighted by molar-refractivity contribution is -0.125. The van der Waals surface area contributed by atoms with Crippen LogP contribution < -0.4 is 14.8 Å². The van der Waals surface area contributed by atoms with Crippen LogP contribution in [0.4, 0.5) is 0 Å². The Kier molecular flexibility index (Phi) is 7.42. The van der Waals surface area contributed by atoms with Gasteiger partial charge in [0.2, 0.25) is 15.9 Å². The second-order valence-corrected chi connectivity index (χ2v) is 8.27. The maximum absolute atomic E-state index is 12.9. The normalized spacial score (nSPS) is 12.5. The molecule has 2 rings (SSSR count). The molecule has 0 bridgehead atoms. The molecule has 2 aromatic carbocycles. The van der Waals surface area contributed by atoms with Crippen LogP contribution in [0.25, 0.3) is 0 Å². The molecular formula is C20H26N2O5S. The first-order chi connectivity index (χ1) is 13.3. The first-order valence-corrected chi connectivity index (χ1v) is 10.7. The van der Waals surface area contributed by atoms with Gasteiger partial charge in [0, 0.05) is 13.6 Å². The first kappa shape index (κ1) is 21.7. The molecule has 1 amide bonds. The summed E-state index contributed by atoms with van der Waals surface area (Å²) in [5.74, 6) is 0.786. The molecule has 2 aromatic rings. The van der Waals surface area contributed by atoms with Crippen LogP contribution in [0.2, 0.25) is 0 Å². The van der Waals surface area contributed by atoms with Crippen LogP contribution in [-0.2, 0) is 21.4 Å². The van der Waals surface area contributed by atoms with Crippen LogP contribution in [-0.4, -0.2) is 45.7 Å². The van der Waals surface area contributed by atoms with Crippen molar-refractivity contribution in [2.24, 2.45) is 0 Å². The van der Waals surface area contributed by atoms with Gasteiger partial charge in [-0.15, -0.1) is 0 Å². The summed E-state index contributed by atoms with van der Waals surface area (Å²) in [7, 11) is -0.609. The van der Waals surface area contributed by atoms with Crippen molar-refractivity contribution in [1.29, 1.82) is 0 Å². The van der Waals surface area contributed by atoms with Crippen LogP contribution in [0, 0.1) is 0 Å². The summed E-state index contributed by atoms with van der Waals surface area (Å²) >= 11 is 0. The number of benzene rings is 2. The molecule has 0 fully saturated rings. The van der Waals surface area contributed by atoms with E-state index in [4.69, 9.17) is 9.47 Å². The molecule has 0 heterocycles. The van der Waals surface area contributed by atoms with Gasteiger partial charge in [0.1, 0.15) is 6.04 Å². The smallest absolute Gasteiger partial charge is 0.243 e. The van der Waals surface area contributed by atoms with Gasteiger partial charge in [0.05, 0.1) is 20.0 Å². The number of ether oxygens (including phenoxy) is 2. The fourth-order valence-corrected chi connectivity index (χ4v) is 3.34. The molecule has 0 unspecified atom stereocenters. The molecule has 0 aromatic heterocycles. The van der Waals surface area contributed by atoms with Gasteiger partial charge in [-0.3, -0.25) is 4.79 Å². The van der Waals surface area contributed by atoms with E-state index in [9.17, 15) is 13.2 Å². The Labute approximate surface area is 166 Å². The van der Waals surface area contributed by atoms with E-state index < -0.39 is 22.0 Å². The van der Waals surface area contributed by atoms with Gasteiger partial charge in [0.15, 0.2) is 11.5 Å². The molecule has 0 saturated carbocycles. The molecule has 0 aliphatic heterocycles. The van der Waals surface area contributed by atoms with Gasteiger partial charge in [0.25, 0.3) is 0 Å². The summed E-state index contributed by atoms with van der Waals surface area (Å²) < 4.78 is 35.9. The van der Waals surface area contributed by atoms with Crippen molar-refractivity contribution >= 4 is 15.9 Å². The molecule has 7 nitrogen and oxygen atoms in total. The number of hydrogen-bond donors (Lipinski definition) is 1. The lowest BCUT2D eigenvalue weighted by Gasteiger charge is -2.25. The number of sulfonamides is 1. The van der Waals surface area contributed by atoms with Crippen molar-refractivity contribution in [2.45, 2.75) is 19.5 Å². The number of likely N-dealkylation sites (N-methyl/N-ethyl adjacent to an activating group) is 1.